The van der Waals surface area contributed by atoms with E-state index < -0.39 is 0 Å². The van der Waals surface area contributed by atoms with Crippen LogP contribution in [0.5, 0.6) is 0 Å². The fourth-order valence-electron chi connectivity index (χ4n) is 9.06. The van der Waals surface area contributed by atoms with E-state index in [2.05, 4.69) is 88.4 Å². The van der Waals surface area contributed by atoms with E-state index >= 15 is 0 Å². The summed E-state index contributed by atoms with van der Waals surface area (Å²) in [5, 5.41) is 11.0. The second-order valence-electron chi connectivity index (χ2n) is 14.8. The highest BCUT2D eigenvalue weighted by molar-refractivity contribution is 8.14. The molecule has 2 aliphatic carbocycles. The van der Waals surface area contributed by atoms with Crippen molar-refractivity contribution in [3.63, 3.8) is 0 Å². The van der Waals surface area contributed by atoms with Crippen LogP contribution in [0, 0.1) is 23.7 Å². The summed E-state index contributed by atoms with van der Waals surface area (Å²) < 4.78 is 4.76. The van der Waals surface area contributed by atoms with Gasteiger partial charge in [-0.1, -0.05) is 20.1 Å². The van der Waals surface area contributed by atoms with E-state index in [0.717, 1.165) is 73.5 Å². The number of hydrogen-bond acceptors (Lipinski definition) is 10. The molecule has 0 aromatic carbocycles. The van der Waals surface area contributed by atoms with E-state index in [1.165, 1.54) is 77.3 Å². The third-order valence-corrected chi connectivity index (χ3v) is 13.2. The molecule has 284 valence electrons. The van der Waals surface area contributed by atoms with Crippen LogP contribution in [-0.2, 0) is 0 Å². The van der Waals surface area contributed by atoms with Crippen molar-refractivity contribution < 1.29 is 0 Å². The van der Waals surface area contributed by atoms with Gasteiger partial charge >= 0.3 is 0 Å². The average Bonchev–Trinajstić information content (AvgIpc) is 4.02. The lowest BCUT2D eigenvalue weighted by atomic mass is 9.85. The number of piperidine rings is 1. The number of rotatable bonds is 12. The predicted molar refractivity (Wildman–Crippen MR) is 226 cm³/mol. The van der Waals surface area contributed by atoms with Gasteiger partial charge < -0.3 is 19.8 Å². The molecule has 12 heteroatoms. The summed E-state index contributed by atoms with van der Waals surface area (Å²) in [4.78, 5) is 26.6. The van der Waals surface area contributed by atoms with Crippen LogP contribution in [0.2, 0.25) is 0 Å². The highest BCUT2D eigenvalue weighted by Crippen LogP contribution is 2.43. The topological polar surface area (TPSA) is 110 Å². The minimum atomic E-state index is 0.514. The molecular formula is C41H58N10S2. The first-order valence-corrected chi connectivity index (χ1v) is 21.9. The summed E-state index contributed by atoms with van der Waals surface area (Å²) in [5.41, 5.74) is 4.30. The maximum Gasteiger partial charge on any atom is 0.144 e. The second kappa shape index (κ2) is 19.3. The van der Waals surface area contributed by atoms with Crippen molar-refractivity contribution in [1.29, 1.82) is 0 Å². The minimum absolute atomic E-state index is 0.514. The summed E-state index contributed by atoms with van der Waals surface area (Å²) in [5.74, 6) is 3.26. The Kier molecular flexibility index (Phi) is 14.4. The van der Waals surface area contributed by atoms with Crippen molar-refractivity contribution in [3.05, 3.63) is 74.1 Å². The number of thioether (sulfide) groups is 2. The zero-order valence-corrected chi connectivity index (χ0v) is 33.7. The SMILES string of the molecule is C=CN=C(SC)c1cn(C2CCC(C3CCCNC3)C2)c2ncncc12.C=CN=C(SC)c1cn(C2CCC([C@H](C)CCCNC)C2)c2ncncc12. The number of aliphatic imine (C=N–C) groups is 2. The Labute approximate surface area is 324 Å². The molecule has 2 N–H and O–H groups in total. The van der Waals surface area contributed by atoms with Crippen LogP contribution in [0.3, 0.4) is 0 Å². The van der Waals surface area contributed by atoms with E-state index in [1.807, 2.05) is 25.7 Å². The number of aromatic nitrogens is 6. The maximum absolute atomic E-state index is 4.61. The lowest BCUT2D eigenvalue weighted by Gasteiger charge is -2.28. The molecule has 6 atom stereocenters. The summed E-state index contributed by atoms with van der Waals surface area (Å²) in [6, 6.07) is 1.04. The van der Waals surface area contributed by atoms with Crippen molar-refractivity contribution in [2.75, 3.05) is 39.2 Å². The molecule has 3 fully saturated rings. The third-order valence-electron chi connectivity index (χ3n) is 11.8. The first-order chi connectivity index (χ1) is 26.0. The van der Waals surface area contributed by atoms with Crippen LogP contribution in [-0.4, -0.2) is 78.4 Å². The van der Waals surface area contributed by atoms with Crippen molar-refractivity contribution >= 4 is 55.7 Å². The van der Waals surface area contributed by atoms with E-state index in [0.29, 0.717) is 12.1 Å². The van der Waals surface area contributed by atoms with Gasteiger partial charge in [0.1, 0.15) is 34.0 Å². The lowest BCUT2D eigenvalue weighted by molar-refractivity contribution is 0.262. The molecule has 3 aliphatic rings. The molecule has 5 heterocycles. The largest absolute Gasteiger partial charge is 0.329 e. The quantitative estimate of drug-likeness (QED) is 0.0841. The molecule has 4 aromatic heterocycles. The predicted octanol–water partition coefficient (Wildman–Crippen LogP) is 8.69. The van der Waals surface area contributed by atoms with Crippen molar-refractivity contribution in [1.82, 2.24) is 39.7 Å². The monoisotopic (exact) mass is 754 g/mol. The van der Waals surface area contributed by atoms with Gasteiger partial charge in [0.15, 0.2) is 0 Å². The average molecular weight is 755 g/mol. The summed E-state index contributed by atoms with van der Waals surface area (Å²) >= 11 is 3.28. The standard InChI is InChI=1S/C21H31N5S.C20H27N5S/c1-5-24-21(27-4)19-13-26(20-18(19)12-23-14-25-20)17-9-8-16(11-17)15(2)7-6-10-22-3;1-3-23-20(26-2)18-12-25(19-17(18)11-22-13-24-19)16-7-6-14(9-16)15-5-4-8-21-10-15/h5,12-17,22H,1,6-11H2,2-4H3;3,11-16,21H,1,4-10H2,2H3/t15-,16?,17?;/m1./s1. The first-order valence-electron chi connectivity index (χ1n) is 19.4. The van der Waals surface area contributed by atoms with Crippen LogP contribution in [0.15, 0.2) is 73.0 Å². The van der Waals surface area contributed by atoms with E-state index in [9.17, 15) is 0 Å². The van der Waals surface area contributed by atoms with E-state index in [1.54, 1.807) is 48.6 Å². The first kappa shape index (κ1) is 39.4. The van der Waals surface area contributed by atoms with Crippen molar-refractivity contribution in [2.24, 2.45) is 33.7 Å². The molecule has 53 heavy (non-hydrogen) atoms. The van der Waals surface area contributed by atoms with Gasteiger partial charge in [0.05, 0.1) is 0 Å². The Morgan fingerprint density at radius 3 is 2.04 bits per heavy atom. The fraction of sp³-hybridized carbons (Fsp3) is 0.561. The molecule has 0 spiro atoms. The number of hydrogen-bond donors (Lipinski definition) is 2. The van der Waals surface area contributed by atoms with E-state index in [4.69, 9.17) is 0 Å². The fourth-order valence-corrected chi connectivity index (χ4v) is 10.2. The Morgan fingerprint density at radius 2 is 1.49 bits per heavy atom. The number of nitrogens with one attached hydrogen (secondary N) is 2. The second-order valence-corrected chi connectivity index (χ2v) is 16.4. The van der Waals surface area contributed by atoms with Crippen LogP contribution in [0.25, 0.3) is 22.1 Å². The summed E-state index contributed by atoms with van der Waals surface area (Å²) in [7, 11) is 2.03. The van der Waals surface area contributed by atoms with Gasteiger partial charge in [0.2, 0.25) is 0 Å². The van der Waals surface area contributed by atoms with Crippen LogP contribution < -0.4 is 10.6 Å². The molecule has 1 aliphatic heterocycles. The van der Waals surface area contributed by atoms with E-state index in [-0.39, 0.29) is 0 Å². The molecule has 1 saturated heterocycles. The summed E-state index contributed by atoms with van der Waals surface area (Å²) in [6.45, 7) is 13.4. The zero-order valence-electron chi connectivity index (χ0n) is 32.1. The Hall–Kier alpha value is -3.32. The molecule has 10 nitrogen and oxygen atoms in total. The van der Waals surface area contributed by atoms with Gasteiger partial charge in [-0.25, -0.2) is 29.9 Å². The molecule has 2 saturated carbocycles. The van der Waals surface area contributed by atoms with Gasteiger partial charge in [0.25, 0.3) is 0 Å². The Morgan fingerprint density at radius 1 is 0.887 bits per heavy atom. The van der Waals surface area contributed by atoms with Crippen molar-refractivity contribution in [2.45, 2.75) is 83.2 Å². The highest BCUT2D eigenvalue weighted by atomic mass is 32.2. The maximum atomic E-state index is 4.61. The molecule has 0 bridgehead atoms. The van der Waals surface area contributed by atoms with Gasteiger partial charge in [0, 0.05) is 71.2 Å². The minimum Gasteiger partial charge on any atom is -0.329 e. The number of fused-ring (bicyclic) bond motifs is 2. The molecule has 0 amide bonds. The van der Waals surface area contributed by atoms with Crippen LogP contribution in [0.4, 0.5) is 0 Å². The van der Waals surface area contributed by atoms with Crippen molar-refractivity contribution in [3.8, 4) is 0 Å². The van der Waals surface area contributed by atoms with Gasteiger partial charge in [-0.2, -0.15) is 0 Å². The number of nitrogens with zero attached hydrogens (tertiary/aromatic N) is 8. The normalized spacial score (nSPS) is 24.3. The molecule has 4 aromatic rings. The van der Waals surface area contributed by atoms with Gasteiger partial charge in [-0.3, -0.25) is 0 Å². The Balaban J connectivity index is 0.000000181. The van der Waals surface area contributed by atoms with Gasteiger partial charge in [-0.15, -0.1) is 23.5 Å². The highest BCUT2D eigenvalue weighted by Gasteiger charge is 2.34. The Bertz CT molecular complexity index is 1870. The summed E-state index contributed by atoms with van der Waals surface area (Å²) in [6.07, 6.45) is 31.8. The zero-order chi connectivity index (χ0) is 37.2. The molecule has 0 radical (unpaired) electrons. The van der Waals surface area contributed by atoms with Gasteiger partial charge in [-0.05, 0) is 127 Å². The lowest BCUT2D eigenvalue weighted by Crippen LogP contribution is -2.33. The smallest absolute Gasteiger partial charge is 0.144 e. The van der Waals surface area contributed by atoms with Crippen LogP contribution >= 0.6 is 23.5 Å². The van der Waals surface area contributed by atoms with Crippen LogP contribution in [0.1, 0.15) is 94.3 Å². The molecule has 7 rings (SSSR count). The molecule has 5 unspecified atom stereocenters. The molecular weight excluding hydrogens is 697 g/mol. The third kappa shape index (κ3) is 9.15.